The molecule has 0 aromatic carbocycles. The average Bonchev–Trinajstić information content (AvgIpc) is 2.50. The van der Waals surface area contributed by atoms with Gasteiger partial charge in [0.25, 0.3) is 11.7 Å². The van der Waals surface area contributed by atoms with Gasteiger partial charge in [0, 0.05) is 0 Å². The van der Waals surface area contributed by atoms with Crippen LogP contribution in [0.25, 0.3) is 0 Å². The molecular formula is C7H12N4O2. The number of aromatic nitrogens is 2. The van der Waals surface area contributed by atoms with Gasteiger partial charge in [0.05, 0.1) is 6.04 Å². The summed E-state index contributed by atoms with van der Waals surface area (Å²) in [6.45, 7) is 3.83. The smallest absolute Gasteiger partial charge is 0.290 e. The first-order chi connectivity index (χ1) is 6.02. The predicted octanol–water partition coefficient (Wildman–Crippen LogP) is -0.176. The Hall–Kier alpha value is -1.43. The van der Waals surface area contributed by atoms with Gasteiger partial charge in [-0.25, -0.2) is 0 Å². The van der Waals surface area contributed by atoms with Gasteiger partial charge in [-0.1, -0.05) is 19.0 Å². The molecule has 0 aliphatic rings. The SMILES string of the molecule is CC(C)C(N)c1nc(C(N)=O)no1. The first-order valence-corrected chi connectivity index (χ1v) is 3.91. The summed E-state index contributed by atoms with van der Waals surface area (Å²) in [7, 11) is 0. The number of rotatable bonds is 3. The summed E-state index contributed by atoms with van der Waals surface area (Å²) in [4.78, 5) is 14.4. The van der Waals surface area contributed by atoms with Crippen LogP contribution in [0.5, 0.6) is 0 Å². The molecule has 0 saturated heterocycles. The molecule has 1 atom stereocenters. The topological polar surface area (TPSA) is 108 Å². The molecule has 13 heavy (non-hydrogen) atoms. The van der Waals surface area contributed by atoms with Crippen molar-refractivity contribution in [2.24, 2.45) is 17.4 Å². The minimum atomic E-state index is -0.717. The predicted molar refractivity (Wildman–Crippen MR) is 44.6 cm³/mol. The molecular weight excluding hydrogens is 172 g/mol. The van der Waals surface area contributed by atoms with Crippen molar-refractivity contribution in [3.8, 4) is 0 Å². The fraction of sp³-hybridized carbons (Fsp3) is 0.571. The quantitative estimate of drug-likeness (QED) is 0.677. The molecule has 1 aromatic heterocycles. The molecule has 72 valence electrons. The van der Waals surface area contributed by atoms with Crippen molar-refractivity contribution in [2.45, 2.75) is 19.9 Å². The average molecular weight is 184 g/mol. The summed E-state index contributed by atoms with van der Waals surface area (Å²) >= 11 is 0. The van der Waals surface area contributed by atoms with E-state index in [1.807, 2.05) is 13.8 Å². The van der Waals surface area contributed by atoms with E-state index < -0.39 is 5.91 Å². The lowest BCUT2D eigenvalue weighted by Crippen LogP contribution is -2.18. The number of carbonyl (C=O) groups is 1. The molecule has 1 aromatic rings. The first kappa shape index (κ1) is 9.66. The molecule has 0 saturated carbocycles. The lowest BCUT2D eigenvalue weighted by molar-refractivity contribution is 0.0987. The molecule has 0 radical (unpaired) electrons. The third kappa shape index (κ3) is 2.03. The first-order valence-electron chi connectivity index (χ1n) is 3.91. The molecule has 0 fully saturated rings. The second kappa shape index (κ2) is 3.53. The molecule has 0 spiro atoms. The Kier molecular flexibility index (Phi) is 2.62. The van der Waals surface area contributed by atoms with Crippen LogP contribution < -0.4 is 11.5 Å². The Labute approximate surface area is 75.3 Å². The number of primary amides is 1. The zero-order chi connectivity index (χ0) is 10.0. The van der Waals surface area contributed by atoms with Gasteiger partial charge < -0.3 is 16.0 Å². The van der Waals surface area contributed by atoms with E-state index in [0.717, 1.165) is 0 Å². The van der Waals surface area contributed by atoms with E-state index >= 15 is 0 Å². The van der Waals surface area contributed by atoms with Crippen LogP contribution in [0.2, 0.25) is 0 Å². The Morgan fingerprint density at radius 2 is 2.15 bits per heavy atom. The second-order valence-corrected chi connectivity index (χ2v) is 3.09. The van der Waals surface area contributed by atoms with Crippen LogP contribution in [-0.2, 0) is 0 Å². The fourth-order valence-corrected chi connectivity index (χ4v) is 0.756. The number of carbonyl (C=O) groups excluding carboxylic acids is 1. The maximum atomic E-state index is 10.6. The van der Waals surface area contributed by atoms with Crippen molar-refractivity contribution >= 4 is 5.91 Å². The summed E-state index contributed by atoms with van der Waals surface area (Å²) in [6, 6.07) is -0.361. The molecule has 1 unspecified atom stereocenters. The number of amides is 1. The molecule has 6 heteroatoms. The summed E-state index contributed by atoms with van der Waals surface area (Å²) in [5, 5.41) is 3.38. The second-order valence-electron chi connectivity index (χ2n) is 3.09. The Balaban J connectivity index is 2.85. The highest BCUT2D eigenvalue weighted by atomic mass is 16.5. The van der Waals surface area contributed by atoms with Crippen LogP contribution in [0.4, 0.5) is 0 Å². The van der Waals surface area contributed by atoms with Crippen LogP contribution >= 0.6 is 0 Å². The normalized spacial score (nSPS) is 13.2. The zero-order valence-electron chi connectivity index (χ0n) is 7.52. The van der Waals surface area contributed by atoms with Gasteiger partial charge in [0.2, 0.25) is 5.89 Å². The van der Waals surface area contributed by atoms with E-state index in [2.05, 4.69) is 10.1 Å². The molecule has 6 nitrogen and oxygen atoms in total. The zero-order valence-corrected chi connectivity index (χ0v) is 7.52. The van der Waals surface area contributed by atoms with Crippen molar-refractivity contribution in [1.82, 2.24) is 10.1 Å². The monoisotopic (exact) mass is 184 g/mol. The summed E-state index contributed by atoms with van der Waals surface area (Å²) in [5.41, 5.74) is 10.6. The third-order valence-electron chi connectivity index (χ3n) is 1.67. The van der Waals surface area contributed by atoms with Crippen LogP contribution in [0.1, 0.15) is 36.4 Å². The van der Waals surface area contributed by atoms with E-state index in [4.69, 9.17) is 16.0 Å². The summed E-state index contributed by atoms with van der Waals surface area (Å²) in [6.07, 6.45) is 0. The maximum absolute atomic E-state index is 10.6. The fourth-order valence-electron chi connectivity index (χ4n) is 0.756. The van der Waals surface area contributed by atoms with E-state index in [1.54, 1.807) is 0 Å². The summed E-state index contributed by atoms with van der Waals surface area (Å²) in [5.74, 6) is -0.443. The van der Waals surface area contributed by atoms with E-state index in [-0.39, 0.29) is 23.7 Å². The highest BCUT2D eigenvalue weighted by Gasteiger charge is 2.19. The number of hydrogen-bond donors (Lipinski definition) is 2. The molecule has 1 amide bonds. The maximum Gasteiger partial charge on any atom is 0.290 e. The molecule has 1 heterocycles. The van der Waals surface area contributed by atoms with Gasteiger partial charge in [-0.05, 0) is 5.92 Å². The Bertz CT molecular complexity index is 307. The lowest BCUT2D eigenvalue weighted by Gasteiger charge is -2.08. The van der Waals surface area contributed by atoms with Gasteiger partial charge in [-0.2, -0.15) is 4.98 Å². The van der Waals surface area contributed by atoms with Gasteiger partial charge in [-0.3, -0.25) is 4.79 Å². The molecule has 4 N–H and O–H groups in total. The lowest BCUT2D eigenvalue weighted by atomic mass is 10.1. The Morgan fingerprint density at radius 1 is 1.54 bits per heavy atom. The number of nitrogens with zero attached hydrogens (tertiary/aromatic N) is 2. The van der Waals surface area contributed by atoms with Crippen LogP contribution in [-0.4, -0.2) is 16.0 Å². The highest BCUT2D eigenvalue weighted by Crippen LogP contribution is 2.16. The van der Waals surface area contributed by atoms with E-state index in [1.165, 1.54) is 0 Å². The number of hydrogen-bond acceptors (Lipinski definition) is 5. The van der Waals surface area contributed by atoms with E-state index in [9.17, 15) is 4.79 Å². The standard InChI is InChI=1S/C7H12N4O2/c1-3(2)4(8)7-10-6(5(9)12)11-13-7/h3-4H,8H2,1-2H3,(H2,9,12). The van der Waals surface area contributed by atoms with Crippen LogP contribution in [0.3, 0.4) is 0 Å². The van der Waals surface area contributed by atoms with Crippen molar-refractivity contribution < 1.29 is 9.32 Å². The van der Waals surface area contributed by atoms with Crippen LogP contribution in [0, 0.1) is 5.92 Å². The van der Waals surface area contributed by atoms with Crippen molar-refractivity contribution in [1.29, 1.82) is 0 Å². The molecule has 0 aliphatic carbocycles. The molecule has 1 rings (SSSR count). The van der Waals surface area contributed by atoms with Gasteiger partial charge in [-0.15, -0.1) is 0 Å². The molecule has 0 bridgehead atoms. The van der Waals surface area contributed by atoms with Gasteiger partial charge in [0.15, 0.2) is 0 Å². The van der Waals surface area contributed by atoms with Gasteiger partial charge in [0.1, 0.15) is 0 Å². The van der Waals surface area contributed by atoms with E-state index in [0.29, 0.717) is 0 Å². The van der Waals surface area contributed by atoms with Crippen molar-refractivity contribution in [3.05, 3.63) is 11.7 Å². The van der Waals surface area contributed by atoms with Crippen molar-refractivity contribution in [3.63, 3.8) is 0 Å². The molecule has 0 aliphatic heterocycles. The minimum Gasteiger partial charge on any atom is -0.363 e. The Morgan fingerprint density at radius 3 is 2.54 bits per heavy atom. The highest BCUT2D eigenvalue weighted by molar-refractivity contribution is 5.88. The summed E-state index contributed by atoms with van der Waals surface area (Å²) < 4.78 is 4.76. The van der Waals surface area contributed by atoms with Crippen molar-refractivity contribution in [2.75, 3.05) is 0 Å². The minimum absolute atomic E-state index is 0.133. The third-order valence-corrected chi connectivity index (χ3v) is 1.67. The number of nitrogens with two attached hydrogens (primary N) is 2. The van der Waals surface area contributed by atoms with Crippen LogP contribution in [0.15, 0.2) is 4.52 Å². The largest absolute Gasteiger partial charge is 0.363 e. The van der Waals surface area contributed by atoms with Gasteiger partial charge >= 0.3 is 0 Å².